The van der Waals surface area contributed by atoms with Crippen molar-refractivity contribution in [1.82, 2.24) is 14.8 Å². The zero-order valence-corrected chi connectivity index (χ0v) is 12.5. The fourth-order valence-corrected chi connectivity index (χ4v) is 2.85. The zero-order valence-electron chi connectivity index (χ0n) is 10.9. The molecule has 2 aromatic carbocycles. The van der Waals surface area contributed by atoms with Crippen LogP contribution in [-0.4, -0.2) is 14.8 Å². The first-order valence-electron chi connectivity index (χ1n) is 6.48. The lowest BCUT2D eigenvalue weighted by atomic mass is 10.2. The highest BCUT2D eigenvalue weighted by atomic mass is 79.9. The van der Waals surface area contributed by atoms with Crippen molar-refractivity contribution in [2.45, 2.75) is 0 Å². The molecule has 0 aliphatic rings. The SMILES string of the molecule is O=c1c2cnc3ccc(Br)cc3c2[nH]n1-c1ccccc1. The van der Waals surface area contributed by atoms with E-state index >= 15 is 0 Å². The second kappa shape index (κ2) is 4.56. The van der Waals surface area contributed by atoms with Gasteiger partial charge in [0.25, 0.3) is 5.56 Å². The van der Waals surface area contributed by atoms with Gasteiger partial charge in [-0.25, -0.2) is 4.68 Å². The van der Waals surface area contributed by atoms with Crippen LogP contribution in [0.1, 0.15) is 0 Å². The maximum absolute atomic E-state index is 12.5. The Morgan fingerprint density at radius 2 is 1.86 bits per heavy atom. The summed E-state index contributed by atoms with van der Waals surface area (Å²) >= 11 is 3.46. The maximum atomic E-state index is 12.5. The van der Waals surface area contributed by atoms with Crippen LogP contribution in [0.25, 0.3) is 27.5 Å². The number of hydrogen-bond acceptors (Lipinski definition) is 2. The lowest BCUT2D eigenvalue weighted by Gasteiger charge is -2.00. The second-order valence-electron chi connectivity index (χ2n) is 4.80. The number of hydrogen-bond donors (Lipinski definition) is 1. The van der Waals surface area contributed by atoms with Crippen molar-refractivity contribution in [1.29, 1.82) is 0 Å². The number of para-hydroxylation sites is 1. The molecule has 0 radical (unpaired) electrons. The van der Waals surface area contributed by atoms with E-state index in [0.717, 1.165) is 26.6 Å². The normalized spacial score (nSPS) is 11.3. The molecule has 102 valence electrons. The summed E-state index contributed by atoms with van der Waals surface area (Å²) in [4.78, 5) is 16.9. The van der Waals surface area contributed by atoms with Gasteiger partial charge in [0.2, 0.25) is 0 Å². The Labute approximate surface area is 128 Å². The first-order valence-corrected chi connectivity index (χ1v) is 7.28. The van der Waals surface area contributed by atoms with E-state index in [1.807, 2.05) is 48.5 Å². The zero-order chi connectivity index (χ0) is 14.4. The van der Waals surface area contributed by atoms with Crippen LogP contribution in [0, 0.1) is 0 Å². The Kier molecular flexibility index (Phi) is 2.68. The summed E-state index contributed by atoms with van der Waals surface area (Å²) in [7, 11) is 0. The number of pyridine rings is 1. The highest BCUT2D eigenvalue weighted by Gasteiger charge is 2.11. The monoisotopic (exact) mass is 339 g/mol. The summed E-state index contributed by atoms with van der Waals surface area (Å²) < 4.78 is 2.50. The third kappa shape index (κ3) is 1.89. The number of halogens is 1. The van der Waals surface area contributed by atoms with Gasteiger partial charge in [0.15, 0.2) is 0 Å². The highest BCUT2D eigenvalue weighted by Crippen LogP contribution is 2.24. The Bertz CT molecular complexity index is 1020. The molecule has 0 spiro atoms. The first kappa shape index (κ1) is 12.3. The molecule has 4 rings (SSSR count). The molecule has 0 amide bonds. The van der Waals surface area contributed by atoms with Crippen molar-refractivity contribution < 1.29 is 0 Å². The van der Waals surface area contributed by atoms with Crippen LogP contribution in [0.2, 0.25) is 0 Å². The van der Waals surface area contributed by atoms with Crippen molar-refractivity contribution in [2.75, 3.05) is 0 Å². The number of nitrogens with zero attached hydrogens (tertiary/aromatic N) is 2. The molecule has 4 nitrogen and oxygen atoms in total. The van der Waals surface area contributed by atoms with Gasteiger partial charge in [-0.1, -0.05) is 34.1 Å². The van der Waals surface area contributed by atoms with Crippen molar-refractivity contribution in [3.8, 4) is 5.69 Å². The number of rotatable bonds is 1. The predicted octanol–water partition coefficient (Wildman–Crippen LogP) is 3.63. The van der Waals surface area contributed by atoms with Crippen LogP contribution in [0.3, 0.4) is 0 Å². The minimum Gasteiger partial charge on any atom is -0.290 e. The van der Waals surface area contributed by atoms with E-state index in [-0.39, 0.29) is 5.56 Å². The van der Waals surface area contributed by atoms with Gasteiger partial charge >= 0.3 is 0 Å². The number of H-pyrrole nitrogens is 1. The van der Waals surface area contributed by atoms with E-state index in [0.29, 0.717) is 5.39 Å². The molecular formula is C16H10BrN3O. The van der Waals surface area contributed by atoms with Crippen LogP contribution >= 0.6 is 15.9 Å². The average Bonchev–Trinajstić information content (AvgIpc) is 2.86. The number of benzene rings is 2. The minimum absolute atomic E-state index is 0.0921. The van der Waals surface area contributed by atoms with E-state index in [4.69, 9.17) is 0 Å². The first-order chi connectivity index (χ1) is 10.2. The molecule has 0 saturated carbocycles. The fourth-order valence-electron chi connectivity index (χ4n) is 2.49. The Morgan fingerprint density at radius 1 is 1.05 bits per heavy atom. The molecular weight excluding hydrogens is 330 g/mol. The Morgan fingerprint density at radius 3 is 2.67 bits per heavy atom. The average molecular weight is 340 g/mol. The van der Waals surface area contributed by atoms with Gasteiger partial charge in [-0.2, -0.15) is 0 Å². The summed E-state index contributed by atoms with van der Waals surface area (Å²) in [5.74, 6) is 0. The van der Waals surface area contributed by atoms with E-state index in [1.165, 1.54) is 0 Å². The fraction of sp³-hybridized carbons (Fsp3) is 0. The lowest BCUT2D eigenvalue weighted by molar-refractivity contribution is 0.864. The molecule has 2 aromatic heterocycles. The van der Waals surface area contributed by atoms with Gasteiger partial charge in [-0.15, -0.1) is 0 Å². The van der Waals surface area contributed by atoms with Gasteiger partial charge in [0.1, 0.15) is 0 Å². The summed E-state index contributed by atoms with van der Waals surface area (Å²) in [6.07, 6.45) is 1.63. The Balaban J connectivity index is 2.13. The summed E-state index contributed by atoms with van der Waals surface area (Å²) in [6.45, 7) is 0. The van der Waals surface area contributed by atoms with Gasteiger partial charge in [-0.05, 0) is 30.3 Å². The molecule has 0 bridgehead atoms. The van der Waals surface area contributed by atoms with E-state index in [9.17, 15) is 4.79 Å². The standard InChI is InChI=1S/C16H10BrN3O/c17-10-6-7-14-12(8-10)15-13(9-18-14)16(21)20(19-15)11-4-2-1-3-5-11/h1-9,19H. The van der Waals surface area contributed by atoms with Gasteiger partial charge < -0.3 is 0 Å². The largest absolute Gasteiger partial charge is 0.290 e. The molecule has 0 fully saturated rings. The molecule has 0 aliphatic carbocycles. The third-order valence-electron chi connectivity index (χ3n) is 3.50. The van der Waals surface area contributed by atoms with Crippen LogP contribution in [-0.2, 0) is 0 Å². The van der Waals surface area contributed by atoms with Crippen molar-refractivity contribution in [3.05, 3.63) is 69.6 Å². The minimum atomic E-state index is -0.0921. The lowest BCUT2D eigenvalue weighted by Crippen LogP contribution is -2.13. The van der Waals surface area contributed by atoms with Crippen molar-refractivity contribution in [2.24, 2.45) is 0 Å². The second-order valence-corrected chi connectivity index (χ2v) is 5.71. The molecule has 0 atom stereocenters. The van der Waals surface area contributed by atoms with E-state index in [2.05, 4.69) is 26.0 Å². The molecule has 1 N–H and O–H groups in total. The molecule has 0 aliphatic heterocycles. The summed E-state index contributed by atoms with van der Waals surface area (Å²) in [6, 6.07) is 15.3. The number of aromatic amines is 1. The molecule has 5 heteroatoms. The topological polar surface area (TPSA) is 50.7 Å². The molecule has 2 heterocycles. The molecule has 4 aromatic rings. The number of aromatic nitrogens is 3. The predicted molar refractivity (Wildman–Crippen MR) is 86.9 cm³/mol. The van der Waals surface area contributed by atoms with E-state index < -0.39 is 0 Å². The number of fused-ring (bicyclic) bond motifs is 3. The van der Waals surface area contributed by atoms with Gasteiger partial charge in [0.05, 0.1) is 22.1 Å². The van der Waals surface area contributed by atoms with Gasteiger partial charge in [0, 0.05) is 16.1 Å². The van der Waals surface area contributed by atoms with Crippen LogP contribution < -0.4 is 5.56 Å². The van der Waals surface area contributed by atoms with Crippen LogP contribution in [0.5, 0.6) is 0 Å². The number of nitrogens with one attached hydrogen (secondary N) is 1. The van der Waals surface area contributed by atoms with Crippen molar-refractivity contribution >= 4 is 37.7 Å². The molecule has 0 saturated heterocycles. The quantitative estimate of drug-likeness (QED) is 0.575. The summed E-state index contributed by atoms with van der Waals surface area (Å²) in [5.41, 5.74) is 2.37. The van der Waals surface area contributed by atoms with Crippen LogP contribution in [0.15, 0.2) is 64.0 Å². The van der Waals surface area contributed by atoms with Crippen molar-refractivity contribution in [3.63, 3.8) is 0 Å². The smallest absolute Gasteiger partial charge is 0.280 e. The molecule has 21 heavy (non-hydrogen) atoms. The van der Waals surface area contributed by atoms with E-state index in [1.54, 1.807) is 10.9 Å². The maximum Gasteiger partial charge on any atom is 0.280 e. The Hall–Kier alpha value is -2.40. The van der Waals surface area contributed by atoms with Gasteiger partial charge in [-0.3, -0.25) is 14.9 Å². The molecule has 0 unspecified atom stereocenters. The summed E-state index contributed by atoms with van der Waals surface area (Å²) in [5, 5.41) is 4.71. The highest BCUT2D eigenvalue weighted by molar-refractivity contribution is 9.10. The van der Waals surface area contributed by atoms with Crippen LogP contribution in [0.4, 0.5) is 0 Å². The third-order valence-corrected chi connectivity index (χ3v) is 3.99.